The lowest BCUT2D eigenvalue weighted by Crippen LogP contribution is -2.30. The first-order valence-electron chi connectivity index (χ1n) is 4.30. The van der Waals surface area contributed by atoms with Gasteiger partial charge in [-0.15, -0.1) is 0 Å². The van der Waals surface area contributed by atoms with E-state index in [0.717, 1.165) is 25.9 Å². The summed E-state index contributed by atoms with van der Waals surface area (Å²) in [7, 11) is 0. The third kappa shape index (κ3) is 2.79. The van der Waals surface area contributed by atoms with Gasteiger partial charge in [-0.25, -0.2) is 0 Å². The quantitative estimate of drug-likeness (QED) is 0.643. The van der Waals surface area contributed by atoms with Crippen LogP contribution in [0.5, 0.6) is 0 Å². The molecule has 2 unspecified atom stereocenters. The van der Waals surface area contributed by atoms with Crippen LogP contribution in [0, 0.1) is 0 Å². The number of hydrogen-bond donors (Lipinski definition) is 2. The number of hydrogen-bond acceptors (Lipinski definition) is 3. The summed E-state index contributed by atoms with van der Waals surface area (Å²) in [6.45, 7) is 0.812. The predicted molar refractivity (Wildman–Crippen MR) is 43.8 cm³/mol. The van der Waals surface area contributed by atoms with Crippen molar-refractivity contribution < 1.29 is 14.6 Å². The van der Waals surface area contributed by atoms with Crippen LogP contribution in [0.15, 0.2) is 0 Å². The molecule has 1 heterocycles. The zero-order valence-electron chi connectivity index (χ0n) is 7.03. The van der Waals surface area contributed by atoms with E-state index in [2.05, 4.69) is 0 Å². The molecular formula is C8H15NO3. The first kappa shape index (κ1) is 9.48. The fourth-order valence-electron chi connectivity index (χ4n) is 1.36. The van der Waals surface area contributed by atoms with Crippen molar-refractivity contribution in [3.8, 4) is 0 Å². The standard InChI is InChI=1S/C8H15NO3/c9-7(8(10)11)4-3-6-2-1-5-12-6/h6-7H,1-5,9H2,(H,10,11). The Kier molecular flexibility index (Phi) is 3.49. The van der Waals surface area contributed by atoms with E-state index in [1.54, 1.807) is 0 Å². The van der Waals surface area contributed by atoms with E-state index in [4.69, 9.17) is 15.6 Å². The van der Waals surface area contributed by atoms with Gasteiger partial charge in [0, 0.05) is 6.61 Å². The highest BCUT2D eigenvalue weighted by Gasteiger charge is 2.18. The maximum absolute atomic E-state index is 10.3. The molecule has 1 aliphatic rings. The maximum Gasteiger partial charge on any atom is 0.320 e. The molecule has 1 aliphatic heterocycles. The van der Waals surface area contributed by atoms with Crippen molar-refractivity contribution in [2.75, 3.05) is 6.61 Å². The van der Waals surface area contributed by atoms with Crippen molar-refractivity contribution in [1.82, 2.24) is 0 Å². The molecule has 0 bridgehead atoms. The molecule has 0 amide bonds. The number of carboxylic acids is 1. The molecule has 4 nitrogen and oxygen atoms in total. The van der Waals surface area contributed by atoms with E-state index in [0.29, 0.717) is 6.42 Å². The second kappa shape index (κ2) is 4.42. The zero-order valence-corrected chi connectivity index (χ0v) is 7.03. The molecule has 1 saturated heterocycles. The zero-order chi connectivity index (χ0) is 8.97. The Labute approximate surface area is 71.7 Å². The van der Waals surface area contributed by atoms with Gasteiger partial charge in [-0.05, 0) is 25.7 Å². The molecule has 0 aromatic carbocycles. The van der Waals surface area contributed by atoms with Gasteiger partial charge in [0.1, 0.15) is 6.04 Å². The summed E-state index contributed by atoms with van der Waals surface area (Å²) < 4.78 is 5.33. The average molecular weight is 173 g/mol. The molecule has 0 aliphatic carbocycles. The van der Waals surface area contributed by atoms with E-state index in [1.807, 2.05) is 0 Å². The molecular weight excluding hydrogens is 158 g/mol. The van der Waals surface area contributed by atoms with Crippen LogP contribution in [-0.2, 0) is 9.53 Å². The summed E-state index contributed by atoms with van der Waals surface area (Å²) in [5, 5.41) is 8.49. The van der Waals surface area contributed by atoms with Gasteiger partial charge in [0.25, 0.3) is 0 Å². The summed E-state index contributed by atoms with van der Waals surface area (Å²) in [6, 6.07) is -0.728. The monoisotopic (exact) mass is 173 g/mol. The molecule has 12 heavy (non-hydrogen) atoms. The minimum Gasteiger partial charge on any atom is -0.480 e. The SMILES string of the molecule is NC(CCC1CCCO1)C(=O)O. The number of aliphatic carboxylic acids is 1. The third-order valence-electron chi connectivity index (χ3n) is 2.14. The highest BCUT2D eigenvalue weighted by Crippen LogP contribution is 2.17. The van der Waals surface area contributed by atoms with Crippen molar-refractivity contribution >= 4 is 5.97 Å². The van der Waals surface area contributed by atoms with Gasteiger partial charge in [-0.1, -0.05) is 0 Å². The highest BCUT2D eigenvalue weighted by molar-refractivity contribution is 5.72. The molecule has 0 spiro atoms. The van der Waals surface area contributed by atoms with Gasteiger partial charge in [-0.3, -0.25) is 4.79 Å². The van der Waals surface area contributed by atoms with Crippen LogP contribution in [-0.4, -0.2) is 29.8 Å². The lowest BCUT2D eigenvalue weighted by Gasteiger charge is -2.10. The van der Waals surface area contributed by atoms with Crippen LogP contribution in [0.1, 0.15) is 25.7 Å². The van der Waals surface area contributed by atoms with E-state index in [9.17, 15) is 4.79 Å². The molecule has 0 saturated carbocycles. The van der Waals surface area contributed by atoms with E-state index in [-0.39, 0.29) is 6.10 Å². The lowest BCUT2D eigenvalue weighted by atomic mass is 10.1. The normalized spacial score (nSPS) is 25.6. The first-order chi connectivity index (χ1) is 5.70. The van der Waals surface area contributed by atoms with E-state index in [1.165, 1.54) is 0 Å². The van der Waals surface area contributed by atoms with Gasteiger partial charge < -0.3 is 15.6 Å². The van der Waals surface area contributed by atoms with Crippen LogP contribution in [0.4, 0.5) is 0 Å². The second-order valence-electron chi connectivity index (χ2n) is 3.16. The van der Waals surface area contributed by atoms with Crippen LogP contribution in [0.3, 0.4) is 0 Å². The van der Waals surface area contributed by atoms with Crippen molar-refractivity contribution in [2.45, 2.75) is 37.8 Å². The average Bonchev–Trinajstić information content (AvgIpc) is 2.51. The Hall–Kier alpha value is -0.610. The van der Waals surface area contributed by atoms with Gasteiger partial charge >= 0.3 is 5.97 Å². The molecule has 0 radical (unpaired) electrons. The number of nitrogens with two attached hydrogens (primary N) is 1. The summed E-state index contributed by atoms with van der Waals surface area (Å²) in [4.78, 5) is 10.3. The Balaban J connectivity index is 2.11. The Morgan fingerprint density at radius 3 is 3.00 bits per heavy atom. The topological polar surface area (TPSA) is 72.5 Å². The summed E-state index contributed by atoms with van der Waals surface area (Å²) in [5.74, 6) is -0.923. The minimum atomic E-state index is -0.923. The van der Waals surface area contributed by atoms with Crippen molar-refractivity contribution in [2.24, 2.45) is 5.73 Å². The smallest absolute Gasteiger partial charge is 0.320 e. The Morgan fingerprint density at radius 1 is 1.75 bits per heavy atom. The largest absolute Gasteiger partial charge is 0.480 e. The summed E-state index contributed by atoms with van der Waals surface area (Å²) in [6.07, 6.45) is 3.67. The van der Waals surface area contributed by atoms with Gasteiger partial charge in [-0.2, -0.15) is 0 Å². The molecule has 70 valence electrons. The molecule has 0 aromatic heterocycles. The number of carbonyl (C=O) groups is 1. The fraction of sp³-hybridized carbons (Fsp3) is 0.875. The number of ether oxygens (including phenoxy) is 1. The molecule has 3 N–H and O–H groups in total. The molecule has 1 rings (SSSR count). The molecule has 1 fully saturated rings. The molecule has 4 heteroatoms. The minimum absolute atomic E-state index is 0.246. The van der Waals surface area contributed by atoms with Crippen molar-refractivity contribution in [3.63, 3.8) is 0 Å². The first-order valence-corrected chi connectivity index (χ1v) is 4.30. The molecule has 0 aromatic rings. The van der Waals surface area contributed by atoms with E-state index >= 15 is 0 Å². The number of carboxylic acid groups (broad SMARTS) is 1. The fourth-order valence-corrected chi connectivity index (χ4v) is 1.36. The number of rotatable bonds is 4. The van der Waals surface area contributed by atoms with Crippen LogP contribution in [0.2, 0.25) is 0 Å². The van der Waals surface area contributed by atoms with E-state index < -0.39 is 12.0 Å². The van der Waals surface area contributed by atoms with Gasteiger partial charge in [0.2, 0.25) is 0 Å². The summed E-state index contributed by atoms with van der Waals surface area (Å²) in [5.41, 5.74) is 5.34. The van der Waals surface area contributed by atoms with Crippen LogP contribution < -0.4 is 5.73 Å². The second-order valence-corrected chi connectivity index (χ2v) is 3.16. The van der Waals surface area contributed by atoms with Gasteiger partial charge in [0.15, 0.2) is 0 Å². The molecule has 2 atom stereocenters. The van der Waals surface area contributed by atoms with Crippen LogP contribution in [0.25, 0.3) is 0 Å². The lowest BCUT2D eigenvalue weighted by molar-refractivity contribution is -0.138. The van der Waals surface area contributed by atoms with Crippen molar-refractivity contribution in [1.29, 1.82) is 0 Å². The Bertz CT molecular complexity index is 154. The maximum atomic E-state index is 10.3. The summed E-state index contributed by atoms with van der Waals surface area (Å²) >= 11 is 0. The predicted octanol–water partition coefficient (Wildman–Crippen LogP) is 0.357. The highest BCUT2D eigenvalue weighted by atomic mass is 16.5. The third-order valence-corrected chi connectivity index (χ3v) is 2.14. The Morgan fingerprint density at radius 2 is 2.50 bits per heavy atom. The van der Waals surface area contributed by atoms with Gasteiger partial charge in [0.05, 0.1) is 6.10 Å². The van der Waals surface area contributed by atoms with Crippen LogP contribution >= 0.6 is 0 Å². The van der Waals surface area contributed by atoms with Crippen molar-refractivity contribution in [3.05, 3.63) is 0 Å².